The Morgan fingerprint density at radius 2 is 1.78 bits per heavy atom. The van der Waals surface area contributed by atoms with Crippen LogP contribution in [0.5, 0.6) is 0 Å². The molecule has 32 heavy (non-hydrogen) atoms. The summed E-state index contributed by atoms with van der Waals surface area (Å²) in [6.45, 7) is 4.43. The maximum atomic E-state index is 13.9. The maximum Gasteiger partial charge on any atom is 0.337 e. The van der Waals surface area contributed by atoms with E-state index in [0.29, 0.717) is 35.0 Å². The number of para-hydroxylation sites is 1. The van der Waals surface area contributed by atoms with Gasteiger partial charge in [0.15, 0.2) is 0 Å². The Morgan fingerprint density at radius 1 is 1.03 bits per heavy atom. The molecule has 0 saturated heterocycles. The fraction of sp³-hybridized carbons (Fsp3) is 0.250. The molecule has 1 aliphatic rings. The molecule has 3 aromatic carbocycles. The third-order valence-electron chi connectivity index (χ3n) is 5.75. The second kappa shape index (κ2) is 8.27. The van der Waals surface area contributed by atoms with E-state index in [4.69, 9.17) is 0 Å². The highest BCUT2D eigenvalue weighted by atomic mass is 32.2. The molecule has 3 aromatic rings. The van der Waals surface area contributed by atoms with Crippen molar-refractivity contribution in [1.82, 2.24) is 0 Å². The maximum absolute atomic E-state index is 13.9. The zero-order valence-corrected chi connectivity index (χ0v) is 18.7. The van der Waals surface area contributed by atoms with Crippen LogP contribution < -0.4 is 9.21 Å². The first-order chi connectivity index (χ1) is 15.3. The Bertz CT molecular complexity index is 1330. The molecule has 0 spiro atoms. The van der Waals surface area contributed by atoms with Crippen LogP contribution in [0.25, 0.3) is 10.8 Å². The van der Waals surface area contributed by atoms with Crippen LogP contribution in [0.2, 0.25) is 0 Å². The topological polar surface area (TPSA) is 95.0 Å². The van der Waals surface area contributed by atoms with Crippen molar-refractivity contribution in [1.29, 1.82) is 0 Å². The van der Waals surface area contributed by atoms with Crippen molar-refractivity contribution >= 4 is 44.0 Å². The number of aromatic carboxylic acids is 1. The zero-order chi connectivity index (χ0) is 23.0. The van der Waals surface area contributed by atoms with E-state index in [1.165, 1.54) is 22.5 Å². The fourth-order valence-electron chi connectivity index (χ4n) is 4.22. The van der Waals surface area contributed by atoms with Crippen molar-refractivity contribution in [3.05, 3.63) is 65.7 Å². The molecule has 4 rings (SSSR count). The molecule has 1 heterocycles. The Balaban J connectivity index is 1.95. The van der Waals surface area contributed by atoms with Crippen LogP contribution in [-0.2, 0) is 10.0 Å². The van der Waals surface area contributed by atoms with Gasteiger partial charge in [-0.25, -0.2) is 13.2 Å². The average Bonchev–Trinajstić information content (AvgIpc) is 3.06. The standard InChI is InChI=1S/C24H24N2O5S/c1-3-5-15-26(19-12-7-6-9-16(19)24(28)29)32(30,31)21-14-13-20-22-17(21)10-8-11-18(22)23(27)25(20)4-2/h6-14H,3-5,15H2,1-2H3,(H,28,29). The Hall–Kier alpha value is -3.39. The van der Waals surface area contributed by atoms with Crippen molar-refractivity contribution in [2.24, 2.45) is 0 Å². The van der Waals surface area contributed by atoms with Gasteiger partial charge >= 0.3 is 5.97 Å². The number of hydrogen-bond acceptors (Lipinski definition) is 4. The van der Waals surface area contributed by atoms with Gasteiger partial charge in [0, 0.05) is 29.4 Å². The van der Waals surface area contributed by atoms with Gasteiger partial charge < -0.3 is 10.0 Å². The van der Waals surface area contributed by atoms with Gasteiger partial charge in [-0.15, -0.1) is 0 Å². The third kappa shape index (κ3) is 3.31. The van der Waals surface area contributed by atoms with E-state index >= 15 is 0 Å². The minimum Gasteiger partial charge on any atom is -0.478 e. The normalized spacial score (nSPS) is 13.1. The summed E-state index contributed by atoms with van der Waals surface area (Å²) in [6, 6.07) is 14.4. The molecule has 1 amide bonds. The van der Waals surface area contributed by atoms with E-state index in [1.54, 1.807) is 41.3 Å². The number of carbonyl (C=O) groups is 2. The van der Waals surface area contributed by atoms with Gasteiger partial charge in [-0.05, 0) is 43.7 Å². The molecule has 0 radical (unpaired) electrons. The van der Waals surface area contributed by atoms with Crippen molar-refractivity contribution in [2.75, 3.05) is 22.3 Å². The highest BCUT2D eigenvalue weighted by molar-refractivity contribution is 7.93. The molecule has 0 aliphatic carbocycles. The van der Waals surface area contributed by atoms with Gasteiger partial charge in [0.05, 0.1) is 21.8 Å². The molecule has 0 unspecified atom stereocenters. The minimum absolute atomic E-state index is 0.0557. The lowest BCUT2D eigenvalue weighted by Gasteiger charge is -2.26. The SMILES string of the molecule is CCCCN(c1ccccc1C(=O)O)S(=O)(=O)c1ccc2c3c(cccc13)C(=O)N2CC. The summed E-state index contributed by atoms with van der Waals surface area (Å²) in [5, 5.41) is 10.7. The highest BCUT2D eigenvalue weighted by Gasteiger charge is 2.34. The molecule has 7 nitrogen and oxygen atoms in total. The molecule has 8 heteroatoms. The number of amides is 1. The number of rotatable bonds is 8. The van der Waals surface area contributed by atoms with Crippen molar-refractivity contribution in [2.45, 2.75) is 31.6 Å². The number of unbranched alkanes of at least 4 members (excludes halogenated alkanes) is 1. The summed E-state index contributed by atoms with van der Waals surface area (Å²) in [5.41, 5.74) is 1.21. The number of carbonyl (C=O) groups excluding carboxylic acids is 1. The predicted octanol–water partition coefficient (Wildman–Crippen LogP) is 4.51. The van der Waals surface area contributed by atoms with Crippen LogP contribution in [0, 0.1) is 0 Å². The smallest absolute Gasteiger partial charge is 0.337 e. The van der Waals surface area contributed by atoms with E-state index < -0.39 is 16.0 Å². The molecular formula is C24H24N2O5S. The summed E-state index contributed by atoms with van der Waals surface area (Å²) in [7, 11) is -4.12. The van der Waals surface area contributed by atoms with Crippen molar-refractivity contribution in [3.63, 3.8) is 0 Å². The van der Waals surface area contributed by atoms with Crippen molar-refractivity contribution in [3.8, 4) is 0 Å². The molecule has 0 fully saturated rings. The Morgan fingerprint density at radius 3 is 2.47 bits per heavy atom. The molecule has 0 aromatic heterocycles. The lowest BCUT2D eigenvalue weighted by Crippen LogP contribution is -2.33. The molecular weight excluding hydrogens is 428 g/mol. The number of sulfonamides is 1. The van der Waals surface area contributed by atoms with E-state index in [-0.39, 0.29) is 28.6 Å². The van der Waals surface area contributed by atoms with Gasteiger partial charge in [0.25, 0.3) is 15.9 Å². The average molecular weight is 453 g/mol. The number of carboxylic acid groups (broad SMARTS) is 1. The second-order valence-corrected chi connectivity index (χ2v) is 9.44. The van der Waals surface area contributed by atoms with Crippen LogP contribution in [0.15, 0.2) is 59.5 Å². The first-order valence-electron chi connectivity index (χ1n) is 10.6. The summed E-state index contributed by atoms with van der Waals surface area (Å²) < 4.78 is 29.1. The predicted molar refractivity (Wildman–Crippen MR) is 124 cm³/mol. The lowest BCUT2D eigenvalue weighted by molar-refractivity contribution is 0.0697. The van der Waals surface area contributed by atoms with Crippen LogP contribution in [0.1, 0.15) is 47.4 Å². The van der Waals surface area contributed by atoms with E-state index in [9.17, 15) is 23.1 Å². The number of carboxylic acids is 1. The van der Waals surface area contributed by atoms with Crippen LogP contribution in [0.4, 0.5) is 11.4 Å². The largest absolute Gasteiger partial charge is 0.478 e. The van der Waals surface area contributed by atoms with Gasteiger partial charge in [-0.1, -0.05) is 37.6 Å². The van der Waals surface area contributed by atoms with E-state index in [2.05, 4.69) is 0 Å². The van der Waals surface area contributed by atoms with Crippen LogP contribution in [-0.4, -0.2) is 38.5 Å². The van der Waals surface area contributed by atoms with Crippen molar-refractivity contribution < 1.29 is 23.1 Å². The van der Waals surface area contributed by atoms with Crippen LogP contribution in [0.3, 0.4) is 0 Å². The summed E-state index contributed by atoms with van der Waals surface area (Å²) in [5.74, 6) is -1.34. The second-order valence-electron chi connectivity index (χ2n) is 7.61. The molecule has 166 valence electrons. The van der Waals surface area contributed by atoms with E-state index in [1.807, 2.05) is 13.8 Å². The highest BCUT2D eigenvalue weighted by Crippen LogP contribution is 2.41. The molecule has 1 aliphatic heterocycles. The fourth-order valence-corrected chi connectivity index (χ4v) is 5.93. The molecule has 0 bridgehead atoms. The molecule has 0 atom stereocenters. The number of hydrogen-bond donors (Lipinski definition) is 1. The first kappa shape index (κ1) is 21.8. The lowest BCUT2D eigenvalue weighted by atomic mass is 10.1. The number of anilines is 2. The first-order valence-corrected chi connectivity index (χ1v) is 12.0. The third-order valence-corrected chi connectivity index (χ3v) is 7.62. The summed E-state index contributed by atoms with van der Waals surface area (Å²) >= 11 is 0. The number of nitrogens with zero attached hydrogens (tertiary/aromatic N) is 2. The number of benzene rings is 3. The zero-order valence-electron chi connectivity index (χ0n) is 17.9. The Kier molecular flexibility index (Phi) is 5.64. The minimum atomic E-state index is -4.12. The quantitative estimate of drug-likeness (QED) is 0.542. The van der Waals surface area contributed by atoms with Gasteiger partial charge in [-0.2, -0.15) is 0 Å². The van der Waals surface area contributed by atoms with Gasteiger partial charge in [0.1, 0.15) is 0 Å². The summed E-state index contributed by atoms with van der Waals surface area (Å²) in [4.78, 5) is 26.3. The molecule has 1 N–H and O–H groups in total. The monoisotopic (exact) mass is 452 g/mol. The summed E-state index contributed by atoms with van der Waals surface area (Å²) in [6.07, 6.45) is 1.31. The van der Waals surface area contributed by atoms with Gasteiger partial charge in [0.2, 0.25) is 0 Å². The van der Waals surface area contributed by atoms with Gasteiger partial charge in [-0.3, -0.25) is 9.10 Å². The Labute approximate surface area is 186 Å². The van der Waals surface area contributed by atoms with E-state index in [0.717, 1.165) is 6.42 Å². The van der Waals surface area contributed by atoms with Crippen LogP contribution >= 0.6 is 0 Å². The molecule has 0 saturated carbocycles.